The van der Waals surface area contributed by atoms with E-state index >= 15 is 0 Å². The molecule has 3 aromatic carbocycles. The van der Waals surface area contributed by atoms with E-state index < -0.39 is 0 Å². The summed E-state index contributed by atoms with van der Waals surface area (Å²) in [5.74, 6) is 0.200. The number of carbonyl (C=O) groups is 1. The fourth-order valence-electron chi connectivity index (χ4n) is 3.23. The minimum Gasteiger partial charge on any atom is -0.367 e. The van der Waals surface area contributed by atoms with Crippen molar-refractivity contribution in [1.29, 1.82) is 0 Å². The van der Waals surface area contributed by atoms with Crippen LogP contribution in [0.4, 0.5) is 5.69 Å². The smallest absolute Gasteiger partial charge is 0.250 e. The minimum atomic E-state index is -0.122. The third-order valence-corrected chi connectivity index (χ3v) is 7.09. The molecule has 0 fully saturated rings. The number of aryl methyl sites for hydroxylation is 2. The number of hydrogen-bond acceptors (Lipinski definition) is 4. The predicted molar refractivity (Wildman–Crippen MR) is 140 cm³/mol. The maximum absolute atomic E-state index is 12.2. The molecule has 0 heterocycles. The molecular formula is C26H28BrN3OS. The molecule has 0 aliphatic carbocycles. The normalized spacial score (nSPS) is 11.0. The first-order valence-corrected chi connectivity index (χ1v) is 12.3. The number of rotatable bonds is 9. The molecule has 4 nitrogen and oxygen atoms in total. The first kappa shape index (κ1) is 24.1. The van der Waals surface area contributed by atoms with Crippen molar-refractivity contribution in [3.63, 3.8) is 0 Å². The van der Waals surface area contributed by atoms with Crippen molar-refractivity contribution in [3.05, 3.63) is 93.5 Å². The molecule has 166 valence electrons. The third kappa shape index (κ3) is 6.97. The Morgan fingerprint density at radius 1 is 1.06 bits per heavy atom. The molecule has 0 aliphatic rings. The average molecular weight is 511 g/mol. The van der Waals surface area contributed by atoms with Crippen molar-refractivity contribution in [2.45, 2.75) is 32.2 Å². The van der Waals surface area contributed by atoms with Crippen molar-refractivity contribution in [3.8, 4) is 0 Å². The van der Waals surface area contributed by atoms with E-state index in [9.17, 15) is 4.79 Å². The van der Waals surface area contributed by atoms with E-state index in [0.717, 1.165) is 44.8 Å². The van der Waals surface area contributed by atoms with Crippen molar-refractivity contribution < 1.29 is 4.79 Å². The van der Waals surface area contributed by atoms with Crippen molar-refractivity contribution >= 4 is 45.5 Å². The molecular weight excluding hydrogens is 482 g/mol. The fraction of sp³-hybridized carbons (Fsp3) is 0.231. The van der Waals surface area contributed by atoms with Gasteiger partial charge >= 0.3 is 0 Å². The highest BCUT2D eigenvalue weighted by Crippen LogP contribution is 2.28. The molecule has 0 radical (unpaired) electrons. The fourth-order valence-corrected chi connectivity index (χ4v) is 4.58. The monoisotopic (exact) mass is 509 g/mol. The van der Waals surface area contributed by atoms with E-state index in [4.69, 9.17) is 0 Å². The van der Waals surface area contributed by atoms with Crippen LogP contribution in [0.25, 0.3) is 0 Å². The summed E-state index contributed by atoms with van der Waals surface area (Å²) in [6.07, 6.45) is 1.68. The summed E-state index contributed by atoms with van der Waals surface area (Å²) < 4.78 is 1.08. The topological polar surface area (TPSA) is 44.7 Å². The Kier molecular flexibility index (Phi) is 8.94. The molecule has 3 aromatic rings. The number of thioether (sulfide) groups is 1. The first-order chi connectivity index (χ1) is 15.5. The van der Waals surface area contributed by atoms with Crippen LogP contribution in [-0.4, -0.2) is 24.4 Å². The highest BCUT2D eigenvalue weighted by atomic mass is 79.9. The van der Waals surface area contributed by atoms with Gasteiger partial charge in [-0.2, -0.15) is 5.10 Å². The van der Waals surface area contributed by atoms with E-state index in [1.54, 1.807) is 6.21 Å². The van der Waals surface area contributed by atoms with E-state index in [1.165, 1.54) is 17.3 Å². The van der Waals surface area contributed by atoms with Gasteiger partial charge in [0.1, 0.15) is 0 Å². The van der Waals surface area contributed by atoms with E-state index in [0.29, 0.717) is 5.75 Å². The summed E-state index contributed by atoms with van der Waals surface area (Å²) in [7, 11) is 0. The molecule has 6 heteroatoms. The van der Waals surface area contributed by atoms with Gasteiger partial charge in [0.2, 0.25) is 5.91 Å². The third-order valence-electron chi connectivity index (χ3n) is 5.07. The zero-order valence-corrected chi connectivity index (χ0v) is 21.0. The molecule has 0 bridgehead atoms. The molecule has 0 aliphatic heterocycles. The summed E-state index contributed by atoms with van der Waals surface area (Å²) in [5, 5.41) is 4.11. The van der Waals surface area contributed by atoms with Gasteiger partial charge in [-0.15, -0.1) is 11.8 Å². The second-order valence-corrected chi connectivity index (χ2v) is 9.41. The molecule has 1 amide bonds. The number of amides is 1. The molecule has 3 rings (SSSR count). The predicted octanol–water partition coefficient (Wildman–Crippen LogP) is 6.33. The van der Waals surface area contributed by atoms with Gasteiger partial charge in [-0.3, -0.25) is 4.79 Å². The largest absolute Gasteiger partial charge is 0.367 e. The Hall–Kier alpha value is -2.57. The second kappa shape index (κ2) is 11.9. The number of nitrogens with zero attached hydrogens (tertiary/aromatic N) is 2. The van der Waals surface area contributed by atoms with Crippen LogP contribution in [0, 0.1) is 13.8 Å². The molecule has 0 aromatic heterocycles. The van der Waals surface area contributed by atoms with Gasteiger partial charge < -0.3 is 4.90 Å². The molecule has 0 atom stereocenters. The number of hydrogen-bond donors (Lipinski definition) is 1. The van der Waals surface area contributed by atoms with Gasteiger partial charge in [0.15, 0.2) is 0 Å². The Morgan fingerprint density at radius 3 is 2.47 bits per heavy atom. The first-order valence-electron chi connectivity index (χ1n) is 10.6. The SMILES string of the molecule is CCN(Cc1ccccc1)c1ccc(/C=N\NC(=O)CSc2cc(C)c(Br)cc2C)cc1. The molecule has 0 unspecified atom stereocenters. The van der Waals surface area contributed by atoms with Crippen LogP contribution in [0.5, 0.6) is 0 Å². The molecule has 0 saturated carbocycles. The molecule has 32 heavy (non-hydrogen) atoms. The Balaban J connectivity index is 1.51. The van der Waals surface area contributed by atoms with Gasteiger partial charge in [0.05, 0.1) is 12.0 Å². The summed E-state index contributed by atoms with van der Waals surface area (Å²) in [4.78, 5) is 15.6. The zero-order chi connectivity index (χ0) is 22.9. The van der Waals surface area contributed by atoms with Crippen LogP contribution < -0.4 is 10.3 Å². The maximum Gasteiger partial charge on any atom is 0.250 e. The lowest BCUT2D eigenvalue weighted by molar-refractivity contribution is -0.118. The quantitative estimate of drug-likeness (QED) is 0.208. The second-order valence-electron chi connectivity index (χ2n) is 7.54. The van der Waals surface area contributed by atoms with Crippen LogP contribution in [0.3, 0.4) is 0 Å². The summed E-state index contributed by atoms with van der Waals surface area (Å²) in [6, 6.07) is 22.8. The standard InChI is InChI=1S/C26H28BrN3OS/c1-4-30(17-22-8-6-5-7-9-22)23-12-10-21(11-13-23)16-28-29-26(31)18-32-25-15-19(2)24(27)14-20(25)3/h5-16H,4,17-18H2,1-3H3,(H,29,31)/b28-16-. The van der Waals surface area contributed by atoms with Gasteiger partial charge in [0.25, 0.3) is 0 Å². The summed E-state index contributed by atoms with van der Waals surface area (Å²) in [5.41, 5.74) is 8.31. The van der Waals surface area contributed by atoms with Crippen LogP contribution >= 0.6 is 27.7 Å². The van der Waals surface area contributed by atoms with Crippen LogP contribution in [0.2, 0.25) is 0 Å². The van der Waals surface area contributed by atoms with Gasteiger partial charge in [-0.1, -0.05) is 58.4 Å². The summed E-state index contributed by atoms with van der Waals surface area (Å²) >= 11 is 5.06. The van der Waals surface area contributed by atoms with E-state index in [1.807, 2.05) is 32.0 Å². The van der Waals surface area contributed by atoms with Crippen LogP contribution in [0.1, 0.15) is 29.2 Å². The number of hydrazone groups is 1. The number of benzene rings is 3. The zero-order valence-electron chi connectivity index (χ0n) is 18.6. The number of nitrogens with one attached hydrogen (secondary N) is 1. The lowest BCUT2D eigenvalue weighted by Gasteiger charge is -2.23. The van der Waals surface area contributed by atoms with Gasteiger partial charge in [0, 0.05) is 28.1 Å². The highest BCUT2D eigenvalue weighted by molar-refractivity contribution is 9.10. The van der Waals surface area contributed by atoms with Gasteiger partial charge in [-0.05, 0) is 67.3 Å². The number of carbonyl (C=O) groups excluding carboxylic acids is 1. The molecule has 1 N–H and O–H groups in total. The Morgan fingerprint density at radius 2 is 1.78 bits per heavy atom. The Labute approximate surface area is 203 Å². The van der Waals surface area contributed by atoms with E-state index in [-0.39, 0.29) is 5.91 Å². The highest BCUT2D eigenvalue weighted by Gasteiger charge is 2.07. The van der Waals surface area contributed by atoms with Crippen LogP contribution in [0.15, 0.2) is 81.2 Å². The molecule has 0 saturated heterocycles. The van der Waals surface area contributed by atoms with Crippen molar-refractivity contribution in [2.24, 2.45) is 5.10 Å². The van der Waals surface area contributed by atoms with Crippen LogP contribution in [-0.2, 0) is 11.3 Å². The lowest BCUT2D eigenvalue weighted by Crippen LogP contribution is -2.21. The number of anilines is 1. The molecule has 0 spiro atoms. The van der Waals surface area contributed by atoms with Crippen molar-refractivity contribution in [2.75, 3.05) is 17.2 Å². The minimum absolute atomic E-state index is 0.122. The lowest BCUT2D eigenvalue weighted by atomic mass is 10.1. The van der Waals surface area contributed by atoms with Gasteiger partial charge in [-0.25, -0.2) is 5.43 Å². The summed E-state index contributed by atoms with van der Waals surface area (Å²) in [6.45, 7) is 8.04. The van der Waals surface area contributed by atoms with E-state index in [2.05, 4.69) is 86.8 Å². The average Bonchev–Trinajstić information content (AvgIpc) is 2.80. The maximum atomic E-state index is 12.2. The Bertz CT molecular complexity index is 1070. The van der Waals surface area contributed by atoms with Crippen molar-refractivity contribution in [1.82, 2.24) is 5.43 Å². The number of halogens is 1.